The van der Waals surface area contributed by atoms with Gasteiger partial charge >= 0.3 is 0 Å². The Morgan fingerprint density at radius 3 is 2.92 bits per heavy atom. The van der Waals surface area contributed by atoms with E-state index in [1.807, 2.05) is 37.6 Å². The van der Waals surface area contributed by atoms with E-state index in [4.69, 9.17) is 0 Å². The number of hydrogen-bond donors (Lipinski definition) is 0. The molecular formula is C8H9N4+. The second kappa shape index (κ2) is 2.73. The lowest BCUT2D eigenvalue weighted by Crippen LogP contribution is -2.30. The number of nitrogens with zero attached hydrogens (tertiary/aromatic N) is 4. The molecule has 0 fully saturated rings. The molecule has 0 bridgehead atoms. The van der Waals surface area contributed by atoms with Crippen molar-refractivity contribution in [2.75, 3.05) is 0 Å². The first-order valence-corrected chi connectivity index (χ1v) is 3.69. The van der Waals surface area contributed by atoms with Gasteiger partial charge in [-0.05, 0) is 6.07 Å². The van der Waals surface area contributed by atoms with Gasteiger partial charge in [0.2, 0.25) is 5.82 Å². The topological polar surface area (TPSA) is 34.6 Å². The molecule has 0 spiro atoms. The van der Waals surface area contributed by atoms with Crippen LogP contribution in [-0.2, 0) is 7.05 Å². The van der Waals surface area contributed by atoms with Crippen LogP contribution in [0.2, 0.25) is 0 Å². The number of hydrogen-bond acceptors (Lipinski definition) is 2. The van der Waals surface area contributed by atoms with Gasteiger partial charge in [0.05, 0.1) is 5.21 Å². The van der Waals surface area contributed by atoms with Gasteiger partial charge in [-0.1, -0.05) is 10.7 Å². The smallest absolute Gasteiger partial charge is 0.216 e. The summed E-state index contributed by atoms with van der Waals surface area (Å²) in [5, 5.41) is 4.15. The minimum Gasteiger partial charge on any atom is -0.216 e. The first kappa shape index (κ1) is 6.97. The summed E-state index contributed by atoms with van der Waals surface area (Å²) in [5.41, 5.74) is 0. The third-order valence-electron chi connectivity index (χ3n) is 1.55. The van der Waals surface area contributed by atoms with Crippen LogP contribution in [0.25, 0.3) is 5.82 Å². The zero-order chi connectivity index (χ0) is 8.39. The Morgan fingerprint density at radius 2 is 2.33 bits per heavy atom. The van der Waals surface area contributed by atoms with E-state index in [9.17, 15) is 0 Å². The van der Waals surface area contributed by atoms with E-state index in [0.29, 0.717) is 0 Å². The van der Waals surface area contributed by atoms with Crippen LogP contribution in [0.3, 0.4) is 0 Å². The lowest BCUT2D eigenvalue weighted by Gasteiger charge is -1.88. The van der Waals surface area contributed by atoms with Crippen molar-refractivity contribution in [3.63, 3.8) is 0 Å². The molecule has 12 heavy (non-hydrogen) atoms. The second-order valence-corrected chi connectivity index (χ2v) is 2.49. The highest BCUT2D eigenvalue weighted by atomic mass is 15.5. The Kier molecular flexibility index (Phi) is 1.59. The largest absolute Gasteiger partial charge is 0.247 e. The third-order valence-corrected chi connectivity index (χ3v) is 1.55. The van der Waals surface area contributed by atoms with E-state index < -0.39 is 0 Å². The fraction of sp³-hybridized carbons (Fsp3) is 0.125. The molecule has 0 unspecified atom stereocenters. The molecule has 60 valence electrons. The van der Waals surface area contributed by atoms with Crippen molar-refractivity contribution in [2.45, 2.75) is 0 Å². The highest BCUT2D eigenvalue weighted by molar-refractivity contribution is 5.18. The van der Waals surface area contributed by atoms with E-state index in [0.717, 1.165) is 5.82 Å². The molecule has 0 aliphatic heterocycles. The molecule has 0 radical (unpaired) electrons. The molecule has 4 heteroatoms. The molecule has 0 atom stereocenters. The molecule has 0 saturated carbocycles. The van der Waals surface area contributed by atoms with Crippen molar-refractivity contribution in [3.05, 3.63) is 36.8 Å². The summed E-state index contributed by atoms with van der Waals surface area (Å²) < 4.78 is 3.45. The lowest BCUT2D eigenvalue weighted by molar-refractivity contribution is -0.731. The minimum atomic E-state index is 0.832. The van der Waals surface area contributed by atoms with Gasteiger partial charge in [-0.15, -0.1) is 4.68 Å². The van der Waals surface area contributed by atoms with Crippen molar-refractivity contribution in [1.82, 2.24) is 14.9 Å². The zero-order valence-corrected chi connectivity index (χ0v) is 6.75. The summed E-state index contributed by atoms with van der Waals surface area (Å²) in [6.45, 7) is 0. The number of aryl methyl sites for hydroxylation is 1. The first-order valence-electron chi connectivity index (χ1n) is 3.69. The van der Waals surface area contributed by atoms with Crippen LogP contribution in [0.15, 0.2) is 36.8 Å². The van der Waals surface area contributed by atoms with Crippen molar-refractivity contribution in [2.24, 2.45) is 7.05 Å². The Balaban J connectivity index is 2.45. The summed E-state index contributed by atoms with van der Waals surface area (Å²) in [6, 6.07) is 5.73. The summed E-state index contributed by atoms with van der Waals surface area (Å²) in [5.74, 6) is 0.832. The molecule has 0 aromatic carbocycles. The normalized spacial score (nSPS) is 10.1. The van der Waals surface area contributed by atoms with E-state index >= 15 is 0 Å². The summed E-state index contributed by atoms with van der Waals surface area (Å²) in [6.07, 6.45) is 5.48. The van der Waals surface area contributed by atoms with Gasteiger partial charge in [0, 0.05) is 12.3 Å². The third kappa shape index (κ3) is 1.18. The standard InChI is InChI=1S/C8H9N4/c1-11-6-7-12(10-11)8-4-2-3-5-9-8/h2-7H,1H3/q+1. The van der Waals surface area contributed by atoms with Crippen molar-refractivity contribution < 1.29 is 4.68 Å². The fourth-order valence-electron chi connectivity index (χ4n) is 0.983. The van der Waals surface area contributed by atoms with Crippen LogP contribution in [0.1, 0.15) is 0 Å². The van der Waals surface area contributed by atoms with Crippen LogP contribution in [0.4, 0.5) is 0 Å². The van der Waals surface area contributed by atoms with Crippen LogP contribution in [0.5, 0.6) is 0 Å². The monoisotopic (exact) mass is 161 g/mol. The average Bonchev–Trinajstić information content (AvgIpc) is 2.54. The van der Waals surface area contributed by atoms with Crippen LogP contribution in [-0.4, -0.2) is 14.9 Å². The molecule has 0 aliphatic rings. The van der Waals surface area contributed by atoms with Crippen molar-refractivity contribution in [1.29, 1.82) is 0 Å². The SMILES string of the molecule is C[n+]1ccn(-c2ccccn2)n1. The molecule has 2 heterocycles. The van der Waals surface area contributed by atoms with Crippen LogP contribution >= 0.6 is 0 Å². The molecule has 4 nitrogen and oxygen atoms in total. The van der Waals surface area contributed by atoms with Crippen LogP contribution < -0.4 is 4.68 Å². The van der Waals surface area contributed by atoms with Gasteiger partial charge in [-0.3, -0.25) is 0 Å². The Bertz CT molecular complexity index is 366. The van der Waals surface area contributed by atoms with Gasteiger partial charge in [0.15, 0.2) is 12.4 Å². The number of pyridine rings is 1. The molecule has 0 N–H and O–H groups in total. The maximum absolute atomic E-state index is 4.15. The Labute approximate surface area is 70.1 Å². The molecule has 0 amide bonds. The highest BCUT2D eigenvalue weighted by Gasteiger charge is 2.04. The molecule has 0 aliphatic carbocycles. The summed E-state index contributed by atoms with van der Waals surface area (Å²) >= 11 is 0. The molecule has 2 rings (SSSR count). The average molecular weight is 161 g/mol. The predicted molar refractivity (Wildman–Crippen MR) is 42.5 cm³/mol. The quantitative estimate of drug-likeness (QED) is 0.556. The summed E-state index contributed by atoms with van der Waals surface area (Å²) in [4.78, 5) is 4.15. The summed E-state index contributed by atoms with van der Waals surface area (Å²) in [7, 11) is 1.87. The Hall–Kier alpha value is -1.71. The maximum Gasteiger partial charge on any atom is 0.247 e. The van der Waals surface area contributed by atoms with Gasteiger partial charge in [0.25, 0.3) is 0 Å². The second-order valence-electron chi connectivity index (χ2n) is 2.49. The van der Waals surface area contributed by atoms with Gasteiger partial charge in [-0.2, -0.15) is 0 Å². The van der Waals surface area contributed by atoms with Gasteiger partial charge < -0.3 is 0 Å². The van der Waals surface area contributed by atoms with E-state index in [2.05, 4.69) is 10.2 Å². The van der Waals surface area contributed by atoms with Crippen LogP contribution in [0, 0.1) is 0 Å². The number of rotatable bonds is 1. The molecular weight excluding hydrogens is 152 g/mol. The highest BCUT2D eigenvalue weighted by Crippen LogP contribution is 1.97. The van der Waals surface area contributed by atoms with E-state index in [1.54, 1.807) is 15.6 Å². The molecule has 2 aromatic rings. The fourth-order valence-corrected chi connectivity index (χ4v) is 0.983. The molecule has 2 aromatic heterocycles. The minimum absolute atomic E-state index is 0.832. The molecule has 0 saturated heterocycles. The van der Waals surface area contributed by atoms with Gasteiger partial charge in [-0.25, -0.2) is 4.98 Å². The Morgan fingerprint density at radius 1 is 1.42 bits per heavy atom. The predicted octanol–water partition coefficient (Wildman–Crippen LogP) is 0.0918. The zero-order valence-electron chi connectivity index (χ0n) is 6.75. The maximum atomic E-state index is 4.15. The number of aromatic nitrogens is 4. The van der Waals surface area contributed by atoms with E-state index in [1.165, 1.54) is 0 Å². The van der Waals surface area contributed by atoms with E-state index in [-0.39, 0.29) is 0 Å². The van der Waals surface area contributed by atoms with Crippen molar-refractivity contribution in [3.8, 4) is 5.82 Å². The first-order chi connectivity index (χ1) is 5.86. The van der Waals surface area contributed by atoms with Crippen molar-refractivity contribution >= 4 is 0 Å². The van der Waals surface area contributed by atoms with Gasteiger partial charge in [0.1, 0.15) is 7.05 Å². The lowest BCUT2D eigenvalue weighted by atomic mass is 10.5.